The SMILES string of the molecule is CN1CC[C@H](c2ccc3c(c2)OC(F)(F)O3)[C@@H](C(=O)Nc2ccc(F)c(F)c2F)C1=O. The van der Waals surface area contributed by atoms with Gasteiger partial charge in [0, 0.05) is 19.5 Å². The van der Waals surface area contributed by atoms with Crippen molar-refractivity contribution in [1.29, 1.82) is 0 Å². The molecule has 2 aliphatic rings. The third-order valence-electron chi connectivity index (χ3n) is 5.25. The second kappa shape index (κ2) is 7.40. The summed E-state index contributed by atoms with van der Waals surface area (Å²) in [5.41, 5.74) is -0.276. The molecule has 164 valence electrons. The van der Waals surface area contributed by atoms with Gasteiger partial charge in [-0.1, -0.05) is 6.07 Å². The Morgan fingerprint density at radius 2 is 1.81 bits per heavy atom. The third kappa shape index (κ3) is 3.75. The number of amides is 2. The standard InChI is InChI=1S/C20H15F5N2O4/c1-27-7-6-10(9-2-5-13-14(8-9)31-20(24,25)30-13)15(19(27)29)18(28)26-12-4-3-11(21)16(22)17(12)23/h2-5,8,10,15H,6-7H2,1H3,(H,26,28)/t10-,15+/m1/s1. The minimum Gasteiger partial charge on any atom is -0.395 e. The number of benzene rings is 2. The molecule has 2 aromatic carbocycles. The largest absolute Gasteiger partial charge is 0.586 e. The highest BCUT2D eigenvalue weighted by Crippen LogP contribution is 2.44. The van der Waals surface area contributed by atoms with Gasteiger partial charge in [-0.25, -0.2) is 13.2 Å². The second-order valence-electron chi connectivity index (χ2n) is 7.22. The number of nitrogens with one attached hydrogen (secondary N) is 1. The minimum absolute atomic E-state index is 0.196. The number of carbonyl (C=O) groups is 2. The van der Waals surface area contributed by atoms with E-state index in [9.17, 15) is 31.5 Å². The zero-order chi connectivity index (χ0) is 22.5. The lowest BCUT2D eigenvalue weighted by Crippen LogP contribution is -2.47. The molecule has 0 aromatic heterocycles. The molecule has 6 nitrogen and oxygen atoms in total. The van der Waals surface area contributed by atoms with Gasteiger partial charge in [0.15, 0.2) is 29.0 Å². The van der Waals surface area contributed by atoms with E-state index in [4.69, 9.17) is 0 Å². The first-order valence-electron chi connectivity index (χ1n) is 9.16. The van der Waals surface area contributed by atoms with Gasteiger partial charge in [-0.05, 0) is 36.2 Å². The fraction of sp³-hybridized carbons (Fsp3) is 0.300. The third-order valence-corrected chi connectivity index (χ3v) is 5.25. The number of ether oxygens (including phenoxy) is 2. The van der Waals surface area contributed by atoms with Crippen LogP contribution >= 0.6 is 0 Å². The lowest BCUT2D eigenvalue weighted by Gasteiger charge is -2.35. The molecule has 4 rings (SSSR count). The number of likely N-dealkylation sites (tertiary alicyclic amines) is 1. The molecule has 2 aliphatic heterocycles. The summed E-state index contributed by atoms with van der Waals surface area (Å²) in [4.78, 5) is 26.9. The van der Waals surface area contributed by atoms with Crippen LogP contribution in [0.15, 0.2) is 30.3 Å². The van der Waals surface area contributed by atoms with Crippen molar-refractivity contribution in [2.75, 3.05) is 18.9 Å². The maximum Gasteiger partial charge on any atom is 0.586 e. The fourth-order valence-electron chi connectivity index (χ4n) is 3.70. The van der Waals surface area contributed by atoms with Gasteiger partial charge in [0.05, 0.1) is 5.69 Å². The smallest absolute Gasteiger partial charge is 0.395 e. The highest BCUT2D eigenvalue weighted by molar-refractivity contribution is 6.07. The molecule has 0 radical (unpaired) electrons. The first-order valence-corrected chi connectivity index (χ1v) is 9.16. The normalized spacial score (nSPS) is 21.9. The summed E-state index contributed by atoms with van der Waals surface area (Å²) in [5, 5.41) is 2.12. The van der Waals surface area contributed by atoms with E-state index in [1.807, 2.05) is 0 Å². The lowest BCUT2D eigenvalue weighted by atomic mass is 9.79. The Labute approximate surface area is 172 Å². The number of halogens is 5. The molecule has 0 aliphatic carbocycles. The molecule has 11 heteroatoms. The number of carbonyl (C=O) groups excluding carboxylic acids is 2. The van der Waals surface area contributed by atoms with Gasteiger partial charge in [0.25, 0.3) is 0 Å². The monoisotopic (exact) mass is 442 g/mol. The predicted molar refractivity (Wildman–Crippen MR) is 96.1 cm³/mol. The number of nitrogens with zero attached hydrogens (tertiary/aromatic N) is 1. The average molecular weight is 442 g/mol. The Morgan fingerprint density at radius 1 is 1.10 bits per heavy atom. The molecule has 0 saturated carbocycles. The van der Waals surface area contributed by atoms with Gasteiger partial charge < -0.3 is 19.7 Å². The van der Waals surface area contributed by atoms with Crippen LogP contribution in [0.2, 0.25) is 0 Å². The van der Waals surface area contributed by atoms with Crippen LogP contribution in [0, 0.1) is 23.4 Å². The Morgan fingerprint density at radius 3 is 2.55 bits per heavy atom. The van der Waals surface area contributed by atoms with Crippen LogP contribution in [0.25, 0.3) is 0 Å². The van der Waals surface area contributed by atoms with Gasteiger partial charge in [0.2, 0.25) is 11.8 Å². The van der Waals surface area contributed by atoms with Crippen molar-refractivity contribution in [1.82, 2.24) is 4.90 Å². The maximum atomic E-state index is 14.0. The minimum atomic E-state index is -3.83. The topological polar surface area (TPSA) is 67.9 Å². The highest BCUT2D eigenvalue weighted by Gasteiger charge is 2.45. The lowest BCUT2D eigenvalue weighted by molar-refractivity contribution is -0.286. The van der Waals surface area contributed by atoms with Crippen molar-refractivity contribution in [2.45, 2.75) is 18.6 Å². The van der Waals surface area contributed by atoms with E-state index in [1.165, 1.54) is 30.1 Å². The number of fused-ring (bicyclic) bond motifs is 1. The molecular formula is C20H15F5N2O4. The average Bonchev–Trinajstić information content (AvgIpc) is 3.03. The molecule has 1 N–H and O–H groups in total. The van der Waals surface area contributed by atoms with E-state index >= 15 is 0 Å². The Balaban J connectivity index is 1.65. The fourth-order valence-corrected chi connectivity index (χ4v) is 3.70. The zero-order valence-electron chi connectivity index (χ0n) is 15.9. The molecule has 2 aromatic rings. The van der Waals surface area contributed by atoms with Crippen LogP contribution < -0.4 is 14.8 Å². The second-order valence-corrected chi connectivity index (χ2v) is 7.22. The number of hydrogen-bond acceptors (Lipinski definition) is 4. The van der Waals surface area contributed by atoms with Crippen LogP contribution in [0.5, 0.6) is 11.5 Å². The first-order chi connectivity index (χ1) is 14.6. The van der Waals surface area contributed by atoms with Gasteiger partial charge in [0.1, 0.15) is 5.92 Å². The summed E-state index contributed by atoms with van der Waals surface area (Å²) in [7, 11) is 1.47. The summed E-state index contributed by atoms with van der Waals surface area (Å²) < 4.78 is 76.0. The Hall–Kier alpha value is -3.37. The number of piperidine rings is 1. The summed E-state index contributed by atoms with van der Waals surface area (Å²) in [6, 6.07) is 5.38. The van der Waals surface area contributed by atoms with Gasteiger partial charge >= 0.3 is 6.29 Å². The van der Waals surface area contributed by atoms with E-state index in [0.29, 0.717) is 11.6 Å². The molecular weight excluding hydrogens is 427 g/mol. The molecule has 2 amide bonds. The quantitative estimate of drug-likeness (QED) is 0.448. The van der Waals surface area contributed by atoms with Crippen molar-refractivity contribution in [2.24, 2.45) is 5.92 Å². The van der Waals surface area contributed by atoms with E-state index in [0.717, 1.165) is 6.07 Å². The van der Waals surface area contributed by atoms with E-state index < -0.39 is 53.1 Å². The number of rotatable bonds is 3. The molecule has 31 heavy (non-hydrogen) atoms. The van der Waals surface area contributed by atoms with Crippen LogP contribution in [0.1, 0.15) is 17.9 Å². The van der Waals surface area contributed by atoms with Crippen molar-refractivity contribution < 1.29 is 41.0 Å². The molecule has 0 spiro atoms. The number of anilines is 1. The zero-order valence-corrected chi connectivity index (χ0v) is 15.9. The van der Waals surface area contributed by atoms with Gasteiger partial charge in [-0.3, -0.25) is 9.59 Å². The first kappa shape index (κ1) is 20.9. The highest BCUT2D eigenvalue weighted by atomic mass is 19.3. The molecule has 2 heterocycles. The van der Waals surface area contributed by atoms with E-state index in [1.54, 1.807) is 0 Å². The van der Waals surface area contributed by atoms with E-state index in [-0.39, 0.29) is 24.5 Å². The van der Waals surface area contributed by atoms with E-state index in [2.05, 4.69) is 14.8 Å². The van der Waals surface area contributed by atoms with Gasteiger partial charge in [-0.2, -0.15) is 0 Å². The molecule has 1 fully saturated rings. The summed E-state index contributed by atoms with van der Waals surface area (Å²) in [5.74, 6) is -8.93. The Bertz CT molecular complexity index is 1080. The van der Waals surface area contributed by atoms with Crippen molar-refractivity contribution in [3.05, 3.63) is 53.3 Å². The number of hydrogen-bond donors (Lipinski definition) is 1. The van der Waals surface area contributed by atoms with Crippen LogP contribution in [-0.2, 0) is 9.59 Å². The van der Waals surface area contributed by atoms with Gasteiger partial charge in [-0.15, -0.1) is 8.78 Å². The van der Waals surface area contributed by atoms with Crippen molar-refractivity contribution in [3.63, 3.8) is 0 Å². The van der Waals surface area contributed by atoms with Crippen LogP contribution in [0.4, 0.5) is 27.6 Å². The summed E-state index contributed by atoms with van der Waals surface area (Å²) in [6.07, 6.45) is -3.54. The molecule has 1 saturated heterocycles. The summed E-state index contributed by atoms with van der Waals surface area (Å²) in [6.45, 7) is 0.275. The van der Waals surface area contributed by atoms with Crippen LogP contribution in [0.3, 0.4) is 0 Å². The predicted octanol–water partition coefficient (Wildman–Crippen LogP) is 3.63. The summed E-state index contributed by atoms with van der Waals surface area (Å²) >= 11 is 0. The molecule has 2 atom stereocenters. The van der Waals surface area contributed by atoms with Crippen molar-refractivity contribution >= 4 is 17.5 Å². The van der Waals surface area contributed by atoms with Crippen LogP contribution in [-0.4, -0.2) is 36.6 Å². The maximum absolute atomic E-state index is 14.0. The molecule has 0 unspecified atom stereocenters. The number of alkyl halides is 2. The Kier molecular flexibility index (Phi) is 4.98. The molecule has 0 bridgehead atoms. The van der Waals surface area contributed by atoms with Crippen molar-refractivity contribution in [3.8, 4) is 11.5 Å².